The molecule has 0 bridgehead atoms. The highest BCUT2D eigenvalue weighted by molar-refractivity contribution is 9.10. The zero-order valence-electron chi connectivity index (χ0n) is 12.1. The van der Waals surface area contributed by atoms with Gasteiger partial charge in [0.15, 0.2) is 0 Å². The SMILES string of the molecule is CC(OCOC(C)c1ccc(Br)cc1)c1ccc(Br)cc1. The molecule has 0 heterocycles. The molecule has 0 aliphatic heterocycles. The van der Waals surface area contributed by atoms with E-state index in [9.17, 15) is 0 Å². The fourth-order valence-corrected chi connectivity index (χ4v) is 2.43. The molecule has 0 aliphatic carbocycles. The zero-order valence-corrected chi connectivity index (χ0v) is 15.2. The van der Waals surface area contributed by atoms with E-state index in [1.807, 2.05) is 62.4 Å². The summed E-state index contributed by atoms with van der Waals surface area (Å²) in [5, 5.41) is 0. The van der Waals surface area contributed by atoms with E-state index in [1.54, 1.807) is 0 Å². The van der Waals surface area contributed by atoms with Crippen molar-refractivity contribution in [2.75, 3.05) is 6.79 Å². The highest BCUT2D eigenvalue weighted by Crippen LogP contribution is 2.22. The van der Waals surface area contributed by atoms with Crippen molar-refractivity contribution in [3.8, 4) is 0 Å². The Bertz CT molecular complexity index is 501. The summed E-state index contributed by atoms with van der Waals surface area (Å²) in [5.41, 5.74) is 2.27. The second-order valence-corrected chi connectivity index (χ2v) is 6.67. The van der Waals surface area contributed by atoms with Gasteiger partial charge in [-0.1, -0.05) is 56.1 Å². The van der Waals surface area contributed by atoms with E-state index in [1.165, 1.54) is 0 Å². The van der Waals surface area contributed by atoms with Gasteiger partial charge in [0.05, 0.1) is 12.2 Å². The molecular weight excluding hydrogens is 396 g/mol. The molecule has 0 saturated carbocycles. The molecule has 0 spiro atoms. The van der Waals surface area contributed by atoms with Gasteiger partial charge in [-0.05, 0) is 49.2 Å². The lowest BCUT2D eigenvalue weighted by Crippen LogP contribution is -2.07. The molecule has 4 heteroatoms. The first-order chi connectivity index (χ1) is 10.1. The Morgan fingerprint density at radius 3 is 1.38 bits per heavy atom. The van der Waals surface area contributed by atoms with E-state index in [0.717, 1.165) is 20.1 Å². The van der Waals surface area contributed by atoms with Gasteiger partial charge in [-0.2, -0.15) is 0 Å². The van der Waals surface area contributed by atoms with Crippen LogP contribution in [0, 0.1) is 0 Å². The summed E-state index contributed by atoms with van der Waals surface area (Å²) in [7, 11) is 0. The van der Waals surface area contributed by atoms with Crippen LogP contribution in [0.1, 0.15) is 37.2 Å². The summed E-state index contributed by atoms with van der Waals surface area (Å²) in [4.78, 5) is 0. The molecule has 2 nitrogen and oxygen atoms in total. The van der Waals surface area contributed by atoms with Gasteiger partial charge in [-0.3, -0.25) is 0 Å². The zero-order chi connectivity index (χ0) is 15.2. The van der Waals surface area contributed by atoms with E-state index in [-0.39, 0.29) is 19.0 Å². The summed E-state index contributed by atoms with van der Waals surface area (Å²) in [6, 6.07) is 16.3. The maximum absolute atomic E-state index is 5.74. The van der Waals surface area contributed by atoms with E-state index in [2.05, 4.69) is 31.9 Å². The molecule has 0 N–H and O–H groups in total. The number of rotatable bonds is 6. The Balaban J connectivity index is 1.80. The minimum atomic E-state index is 0.00946. The van der Waals surface area contributed by atoms with Crippen molar-refractivity contribution in [3.63, 3.8) is 0 Å². The molecule has 0 fully saturated rings. The van der Waals surface area contributed by atoms with Gasteiger partial charge in [-0.15, -0.1) is 0 Å². The molecule has 0 aromatic heterocycles. The van der Waals surface area contributed by atoms with Crippen LogP contribution in [0.5, 0.6) is 0 Å². The molecular formula is C17H18Br2O2. The average molecular weight is 414 g/mol. The Labute approximate surface area is 142 Å². The number of ether oxygens (including phenoxy) is 2. The average Bonchev–Trinajstić information content (AvgIpc) is 2.48. The maximum Gasteiger partial charge on any atom is 0.148 e. The van der Waals surface area contributed by atoms with Crippen LogP contribution in [-0.4, -0.2) is 6.79 Å². The first-order valence-electron chi connectivity index (χ1n) is 6.80. The summed E-state index contributed by atoms with van der Waals surface area (Å²) in [5.74, 6) is 0. The molecule has 2 aromatic carbocycles. The van der Waals surface area contributed by atoms with Crippen molar-refractivity contribution in [1.29, 1.82) is 0 Å². The molecule has 0 amide bonds. The Morgan fingerprint density at radius 1 is 0.714 bits per heavy atom. The van der Waals surface area contributed by atoms with Crippen molar-refractivity contribution in [2.45, 2.75) is 26.1 Å². The second-order valence-electron chi connectivity index (χ2n) is 4.84. The van der Waals surface area contributed by atoms with Crippen LogP contribution >= 0.6 is 31.9 Å². The van der Waals surface area contributed by atoms with Crippen molar-refractivity contribution in [2.24, 2.45) is 0 Å². The number of hydrogen-bond donors (Lipinski definition) is 0. The van der Waals surface area contributed by atoms with Crippen LogP contribution in [0.15, 0.2) is 57.5 Å². The van der Waals surface area contributed by atoms with Gasteiger partial charge in [-0.25, -0.2) is 0 Å². The number of hydrogen-bond acceptors (Lipinski definition) is 2. The minimum Gasteiger partial charge on any atom is -0.348 e. The van der Waals surface area contributed by atoms with Crippen LogP contribution in [0.3, 0.4) is 0 Å². The van der Waals surface area contributed by atoms with E-state index < -0.39 is 0 Å². The fourth-order valence-electron chi connectivity index (χ4n) is 1.90. The number of benzene rings is 2. The third kappa shape index (κ3) is 5.22. The largest absolute Gasteiger partial charge is 0.348 e. The van der Waals surface area contributed by atoms with Gasteiger partial charge < -0.3 is 9.47 Å². The lowest BCUT2D eigenvalue weighted by Gasteiger charge is -2.17. The second kappa shape index (κ2) is 8.08. The van der Waals surface area contributed by atoms with Crippen molar-refractivity contribution < 1.29 is 9.47 Å². The first-order valence-corrected chi connectivity index (χ1v) is 8.39. The maximum atomic E-state index is 5.74. The molecule has 0 radical (unpaired) electrons. The molecule has 112 valence electrons. The molecule has 2 atom stereocenters. The van der Waals surface area contributed by atoms with Gasteiger partial charge in [0, 0.05) is 8.95 Å². The molecule has 0 saturated heterocycles. The van der Waals surface area contributed by atoms with Crippen molar-refractivity contribution >= 4 is 31.9 Å². The Morgan fingerprint density at radius 2 is 1.05 bits per heavy atom. The van der Waals surface area contributed by atoms with Crippen LogP contribution < -0.4 is 0 Å². The van der Waals surface area contributed by atoms with E-state index >= 15 is 0 Å². The summed E-state index contributed by atoms with van der Waals surface area (Å²) < 4.78 is 13.6. The highest BCUT2D eigenvalue weighted by Gasteiger charge is 2.09. The predicted octanol–water partition coefficient (Wildman–Crippen LogP) is 6.02. The third-order valence-corrected chi connectivity index (χ3v) is 4.37. The molecule has 2 rings (SSSR count). The van der Waals surface area contributed by atoms with E-state index in [0.29, 0.717) is 0 Å². The van der Waals surface area contributed by atoms with Gasteiger partial charge in [0.1, 0.15) is 6.79 Å². The van der Waals surface area contributed by atoms with Gasteiger partial charge >= 0.3 is 0 Å². The normalized spacial score (nSPS) is 13.9. The van der Waals surface area contributed by atoms with Crippen LogP contribution in [0.25, 0.3) is 0 Å². The Kier molecular flexibility index (Phi) is 6.42. The standard InChI is InChI=1S/C17H18Br2O2/c1-12(14-3-7-16(18)8-4-14)20-11-21-13(2)15-5-9-17(19)10-6-15/h3-10,12-13H,11H2,1-2H3. The van der Waals surface area contributed by atoms with Crippen LogP contribution in [0.2, 0.25) is 0 Å². The number of halogens is 2. The first kappa shape index (κ1) is 16.7. The minimum absolute atomic E-state index is 0.00946. The molecule has 2 unspecified atom stereocenters. The summed E-state index contributed by atoms with van der Waals surface area (Å²) >= 11 is 6.86. The van der Waals surface area contributed by atoms with Crippen molar-refractivity contribution in [1.82, 2.24) is 0 Å². The van der Waals surface area contributed by atoms with E-state index in [4.69, 9.17) is 9.47 Å². The van der Waals surface area contributed by atoms with Gasteiger partial charge in [0.2, 0.25) is 0 Å². The van der Waals surface area contributed by atoms with Crippen LogP contribution in [0.4, 0.5) is 0 Å². The summed E-state index contributed by atoms with van der Waals surface area (Å²) in [6.45, 7) is 4.32. The smallest absolute Gasteiger partial charge is 0.148 e. The Hall–Kier alpha value is -0.680. The molecule has 2 aromatic rings. The predicted molar refractivity (Wildman–Crippen MR) is 92.2 cm³/mol. The molecule has 21 heavy (non-hydrogen) atoms. The van der Waals surface area contributed by atoms with Crippen molar-refractivity contribution in [3.05, 3.63) is 68.6 Å². The quantitative estimate of drug-likeness (QED) is 0.538. The highest BCUT2D eigenvalue weighted by atomic mass is 79.9. The van der Waals surface area contributed by atoms with Crippen LogP contribution in [-0.2, 0) is 9.47 Å². The summed E-state index contributed by atoms with van der Waals surface area (Å²) in [6.07, 6.45) is 0.0189. The topological polar surface area (TPSA) is 18.5 Å². The lowest BCUT2D eigenvalue weighted by atomic mass is 10.1. The fraction of sp³-hybridized carbons (Fsp3) is 0.294. The third-order valence-electron chi connectivity index (χ3n) is 3.31. The van der Waals surface area contributed by atoms with Gasteiger partial charge in [0.25, 0.3) is 0 Å². The lowest BCUT2D eigenvalue weighted by molar-refractivity contribution is -0.112. The molecule has 0 aliphatic rings. The monoisotopic (exact) mass is 412 g/mol.